The lowest BCUT2D eigenvalue weighted by Gasteiger charge is -2.48. The molecule has 1 aromatic carbocycles. The lowest BCUT2D eigenvalue weighted by molar-refractivity contribution is -0.129. The monoisotopic (exact) mass is 292 g/mol. The zero-order valence-corrected chi connectivity index (χ0v) is 13.6. The van der Waals surface area contributed by atoms with Crippen molar-refractivity contribution in [1.82, 2.24) is 0 Å². The average molecular weight is 292 g/mol. The largest absolute Gasteiger partial charge is 0.299 e. The van der Waals surface area contributed by atoms with Gasteiger partial charge in [0.25, 0.3) is 0 Å². The second kappa shape index (κ2) is 4.98. The summed E-state index contributed by atoms with van der Waals surface area (Å²) in [6, 6.07) is 6.81. The van der Waals surface area contributed by atoms with Crippen molar-refractivity contribution in [2.45, 2.75) is 58.3 Å². The number of carbonyl (C=O) groups excluding carboxylic acids is 1. The van der Waals surface area contributed by atoms with Crippen molar-refractivity contribution in [2.24, 2.45) is 17.3 Å². The van der Waals surface area contributed by atoms with Crippen LogP contribution in [0.2, 0.25) is 0 Å². The van der Waals surface area contributed by atoms with Gasteiger partial charge in [-0.3, -0.25) is 4.79 Å². The van der Waals surface area contributed by atoms with E-state index in [9.17, 15) is 4.79 Å². The Morgan fingerprint density at radius 2 is 2.05 bits per heavy atom. The van der Waals surface area contributed by atoms with Gasteiger partial charge in [0.2, 0.25) is 0 Å². The van der Waals surface area contributed by atoms with Gasteiger partial charge in [-0.1, -0.05) is 18.9 Å². The maximum atomic E-state index is 12.4. The number of carbonyl (C=O) groups is 1. The maximum absolute atomic E-state index is 12.4. The Balaban J connectivity index is 1.70. The fraction of sp³-hybridized carbons (Fsp3) is 0.571. The van der Waals surface area contributed by atoms with Gasteiger partial charge in [-0.2, -0.15) is 0 Å². The van der Waals surface area contributed by atoms with Crippen LogP contribution in [-0.4, -0.2) is 5.78 Å². The Morgan fingerprint density at radius 1 is 1.18 bits per heavy atom. The molecule has 2 fully saturated rings. The number of hydrogen-bond donors (Lipinski definition) is 0. The highest BCUT2D eigenvalue weighted by molar-refractivity contribution is 5.87. The van der Waals surface area contributed by atoms with Crippen LogP contribution in [0.1, 0.15) is 68.6 Å². The minimum absolute atomic E-state index is 0.00764. The second-order valence-corrected chi connectivity index (χ2v) is 7.62. The number of aryl methyl sites for hydroxylation is 1. The summed E-state index contributed by atoms with van der Waals surface area (Å²) in [5, 5.41) is 0. The maximum Gasteiger partial charge on any atom is 0.139 e. The molecular formula is C21H24O. The highest BCUT2D eigenvalue weighted by Gasteiger charge is 2.54. The molecule has 2 saturated carbocycles. The first-order chi connectivity index (χ1) is 10.6. The van der Waals surface area contributed by atoms with E-state index < -0.39 is 0 Å². The van der Waals surface area contributed by atoms with E-state index in [2.05, 4.69) is 37.0 Å². The zero-order chi connectivity index (χ0) is 15.3. The molecule has 0 saturated heterocycles. The third-order valence-corrected chi connectivity index (χ3v) is 6.70. The van der Waals surface area contributed by atoms with Gasteiger partial charge in [-0.25, -0.2) is 0 Å². The van der Waals surface area contributed by atoms with E-state index in [1.54, 1.807) is 5.56 Å². The average Bonchev–Trinajstić information content (AvgIpc) is 2.83. The molecule has 0 unspecified atom stereocenters. The fourth-order valence-electron chi connectivity index (χ4n) is 5.58. The SMILES string of the molecule is CC#Cc1ccc2c(c1)CC[C@@H]1[C@@H]2CC[C@]2(C)C(=O)CC[C@@H]12. The first kappa shape index (κ1) is 14.1. The summed E-state index contributed by atoms with van der Waals surface area (Å²) >= 11 is 0. The Kier molecular flexibility index (Phi) is 3.19. The predicted octanol–water partition coefficient (Wildman–Crippen LogP) is 4.48. The Bertz CT molecular complexity index is 690. The minimum atomic E-state index is -0.00764. The molecule has 22 heavy (non-hydrogen) atoms. The normalized spacial score (nSPS) is 35.9. The van der Waals surface area contributed by atoms with Crippen molar-refractivity contribution >= 4 is 5.78 Å². The summed E-state index contributed by atoms with van der Waals surface area (Å²) in [4.78, 5) is 12.4. The van der Waals surface area contributed by atoms with E-state index in [0.717, 1.165) is 37.2 Å². The van der Waals surface area contributed by atoms with Crippen LogP contribution in [0.3, 0.4) is 0 Å². The van der Waals surface area contributed by atoms with Crippen LogP contribution in [0.15, 0.2) is 18.2 Å². The van der Waals surface area contributed by atoms with E-state index in [1.807, 2.05) is 6.92 Å². The Hall–Kier alpha value is -1.55. The van der Waals surface area contributed by atoms with Gasteiger partial charge >= 0.3 is 0 Å². The van der Waals surface area contributed by atoms with Crippen molar-refractivity contribution in [2.75, 3.05) is 0 Å². The molecule has 3 aliphatic carbocycles. The zero-order valence-electron chi connectivity index (χ0n) is 13.6. The number of benzene rings is 1. The third kappa shape index (κ3) is 1.89. The fourth-order valence-corrected chi connectivity index (χ4v) is 5.58. The van der Waals surface area contributed by atoms with Crippen LogP contribution >= 0.6 is 0 Å². The minimum Gasteiger partial charge on any atom is -0.299 e. The summed E-state index contributed by atoms with van der Waals surface area (Å²) in [5.74, 6) is 8.75. The number of hydrogen-bond acceptors (Lipinski definition) is 1. The predicted molar refractivity (Wildman–Crippen MR) is 88.6 cm³/mol. The Labute approximate surface area is 133 Å². The second-order valence-electron chi connectivity index (χ2n) is 7.62. The molecule has 4 rings (SSSR count). The van der Waals surface area contributed by atoms with Crippen LogP contribution in [0.4, 0.5) is 0 Å². The molecule has 0 radical (unpaired) electrons. The molecule has 0 amide bonds. The van der Waals surface area contributed by atoms with Gasteiger partial charge in [0.05, 0.1) is 0 Å². The topological polar surface area (TPSA) is 17.1 Å². The van der Waals surface area contributed by atoms with Gasteiger partial charge in [-0.05, 0) is 80.0 Å². The van der Waals surface area contributed by atoms with E-state index >= 15 is 0 Å². The van der Waals surface area contributed by atoms with Gasteiger partial charge in [0.1, 0.15) is 5.78 Å². The standard InChI is InChI=1S/C21H24O/c1-3-4-14-5-7-16-15(13-14)6-8-18-17(16)11-12-21(2)19(18)9-10-20(21)22/h5,7,13,17-19H,6,8-12H2,1-2H3/t17-,18-,19+,21+/m1/s1. The number of fused-ring (bicyclic) bond motifs is 5. The van der Waals surface area contributed by atoms with E-state index in [1.165, 1.54) is 18.4 Å². The lowest BCUT2D eigenvalue weighted by atomic mass is 9.55. The molecule has 1 heteroatoms. The van der Waals surface area contributed by atoms with Crippen molar-refractivity contribution in [3.05, 3.63) is 34.9 Å². The summed E-state index contributed by atoms with van der Waals surface area (Å²) in [5.41, 5.74) is 4.21. The van der Waals surface area contributed by atoms with Gasteiger partial charge in [0.15, 0.2) is 0 Å². The smallest absolute Gasteiger partial charge is 0.139 e. The van der Waals surface area contributed by atoms with Crippen LogP contribution in [0.5, 0.6) is 0 Å². The molecule has 0 heterocycles. The van der Waals surface area contributed by atoms with Crippen molar-refractivity contribution in [3.8, 4) is 11.8 Å². The van der Waals surface area contributed by atoms with Crippen molar-refractivity contribution in [1.29, 1.82) is 0 Å². The molecule has 1 aromatic rings. The van der Waals surface area contributed by atoms with E-state index in [0.29, 0.717) is 17.6 Å². The molecule has 0 spiro atoms. The van der Waals surface area contributed by atoms with Gasteiger partial charge in [0, 0.05) is 17.4 Å². The first-order valence-corrected chi connectivity index (χ1v) is 8.72. The van der Waals surface area contributed by atoms with Crippen LogP contribution in [0.25, 0.3) is 0 Å². The van der Waals surface area contributed by atoms with Crippen LogP contribution < -0.4 is 0 Å². The van der Waals surface area contributed by atoms with Gasteiger partial charge in [-0.15, -0.1) is 5.92 Å². The third-order valence-electron chi connectivity index (χ3n) is 6.70. The summed E-state index contributed by atoms with van der Waals surface area (Å²) in [6.45, 7) is 4.15. The van der Waals surface area contributed by atoms with Crippen molar-refractivity contribution < 1.29 is 4.79 Å². The molecule has 0 bridgehead atoms. The number of Topliss-reactive ketones (excluding diaryl/α,β-unsaturated/α-hetero) is 1. The molecule has 0 aliphatic heterocycles. The van der Waals surface area contributed by atoms with Crippen LogP contribution in [0, 0.1) is 29.1 Å². The van der Waals surface area contributed by atoms with Crippen molar-refractivity contribution in [3.63, 3.8) is 0 Å². The summed E-state index contributed by atoms with van der Waals surface area (Å²) in [6.07, 6.45) is 6.65. The molecular weight excluding hydrogens is 268 g/mol. The molecule has 3 aliphatic rings. The Morgan fingerprint density at radius 3 is 2.86 bits per heavy atom. The quantitative estimate of drug-likeness (QED) is 0.644. The number of ketones is 1. The molecule has 114 valence electrons. The summed E-state index contributed by atoms with van der Waals surface area (Å²) < 4.78 is 0. The molecule has 1 nitrogen and oxygen atoms in total. The molecule has 0 N–H and O–H groups in total. The van der Waals surface area contributed by atoms with E-state index in [4.69, 9.17) is 0 Å². The van der Waals surface area contributed by atoms with Crippen LogP contribution in [-0.2, 0) is 11.2 Å². The number of rotatable bonds is 0. The highest BCUT2D eigenvalue weighted by Crippen LogP contribution is 2.59. The van der Waals surface area contributed by atoms with E-state index in [-0.39, 0.29) is 5.41 Å². The highest BCUT2D eigenvalue weighted by atomic mass is 16.1. The molecule has 4 atom stereocenters. The summed E-state index contributed by atoms with van der Waals surface area (Å²) in [7, 11) is 0. The lowest BCUT2D eigenvalue weighted by Crippen LogP contribution is -2.42. The molecule has 0 aromatic heterocycles. The van der Waals surface area contributed by atoms with Gasteiger partial charge < -0.3 is 0 Å². The first-order valence-electron chi connectivity index (χ1n) is 8.72.